The smallest absolute Gasteiger partial charge is 0.249 e. The molecule has 0 spiro atoms. The molecule has 3 nitrogen and oxygen atoms in total. The van der Waals surface area contributed by atoms with Gasteiger partial charge in [-0.25, -0.2) is 0 Å². The molecule has 1 aromatic carbocycles. The van der Waals surface area contributed by atoms with Gasteiger partial charge in [-0.15, -0.1) is 0 Å². The third-order valence-electron chi connectivity index (χ3n) is 2.26. The van der Waals surface area contributed by atoms with Crippen LogP contribution in [0.5, 0.6) is 0 Å². The van der Waals surface area contributed by atoms with Crippen molar-refractivity contribution < 1.29 is 9.53 Å². The molecule has 0 saturated heterocycles. The largest absolute Gasteiger partial charge is 0.377 e. The molecule has 0 saturated carbocycles. The average molecular weight is 219 g/mol. The molecule has 0 fully saturated rings. The van der Waals surface area contributed by atoms with Crippen LogP contribution in [0.3, 0.4) is 0 Å². The SMILES string of the molecule is CCOCC(C)=C(C(N)=O)c1ccccc1. The van der Waals surface area contributed by atoms with Crippen molar-refractivity contribution in [2.24, 2.45) is 5.73 Å². The van der Waals surface area contributed by atoms with E-state index in [1.165, 1.54) is 0 Å². The van der Waals surface area contributed by atoms with E-state index in [9.17, 15) is 4.79 Å². The molecule has 16 heavy (non-hydrogen) atoms. The number of primary amides is 1. The molecule has 3 heteroatoms. The molecule has 1 amide bonds. The highest BCUT2D eigenvalue weighted by atomic mass is 16.5. The Morgan fingerprint density at radius 1 is 1.31 bits per heavy atom. The molecule has 0 aliphatic carbocycles. The zero-order valence-corrected chi connectivity index (χ0v) is 9.69. The third-order valence-corrected chi connectivity index (χ3v) is 2.26. The number of hydrogen-bond acceptors (Lipinski definition) is 2. The third kappa shape index (κ3) is 3.21. The summed E-state index contributed by atoms with van der Waals surface area (Å²) in [5.74, 6) is -0.414. The first kappa shape index (κ1) is 12.5. The number of amides is 1. The average Bonchev–Trinajstić information content (AvgIpc) is 2.27. The Bertz CT molecular complexity index is 382. The minimum Gasteiger partial charge on any atom is -0.377 e. The van der Waals surface area contributed by atoms with Gasteiger partial charge in [0.25, 0.3) is 0 Å². The summed E-state index contributed by atoms with van der Waals surface area (Å²) < 4.78 is 5.28. The van der Waals surface area contributed by atoms with Gasteiger partial charge in [-0.3, -0.25) is 4.79 Å². The fourth-order valence-corrected chi connectivity index (χ4v) is 1.53. The lowest BCUT2D eigenvalue weighted by Crippen LogP contribution is -2.16. The van der Waals surface area contributed by atoms with E-state index in [0.717, 1.165) is 11.1 Å². The number of rotatable bonds is 5. The second-order valence-electron chi connectivity index (χ2n) is 3.52. The summed E-state index contributed by atoms with van der Waals surface area (Å²) in [4.78, 5) is 11.4. The number of carbonyl (C=O) groups excluding carboxylic acids is 1. The quantitative estimate of drug-likeness (QED) is 0.770. The second-order valence-corrected chi connectivity index (χ2v) is 3.52. The van der Waals surface area contributed by atoms with Gasteiger partial charge in [-0.05, 0) is 25.0 Å². The predicted molar refractivity (Wildman–Crippen MR) is 64.7 cm³/mol. The highest BCUT2D eigenvalue weighted by Gasteiger charge is 2.11. The molecule has 2 N–H and O–H groups in total. The number of carbonyl (C=O) groups is 1. The van der Waals surface area contributed by atoms with Gasteiger partial charge in [0.1, 0.15) is 0 Å². The highest BCUT2D eigenvalue weighted by molar-refractivity contribution is 6.19. The molecular weight excluding hydrogens is 202 g/mol. The van der Waals surface area contributed by atoms with E-state index in [0.29, 0.717) is 18.8 Å². The zero-order valence-electron chi connectivity index (χ0n) is 9.69. The van der Waals surface area contributed by atoms with Crippen molar-refractivity contribution in [3.05, 3.63) is 41.5 Å². The topological polar surface area (TPSA) is 52.3 Å². The maximum absolute atomic E-state index is 11.4. The lowest BCUT2D eigenvalue weighted by atomic mass is 10.0. The lowest BCUT2D eigenvalue weighted by Gasteiger charge is -2.09. The number of nitrogens with two attached hydrogens (primary N) is 1. The highest BCUT2D eigenvalue weighted by Crippen LogP contribution is 2.18. The van der Waals surface area contributed by atoms with Crippen molar-refractivity contribution in [1.82, 2.24) is 0 Å². The molecule has 0 aromatic heterocycles. The molecular formula is C13H17NO2. The maximum Gasteiger partial charge on any atom is 0.249 e. The van der Waals surface area contributed by atoms with Crippen LogP contribution in [-0.4, -0.2) is 19.1 Å². The van der Waals surface area contributed by atoms with E-state index < -0.39 is 5.91 Å². The minimum atomic E-state index is -0.414. The summed E-state index contributed by atoms with van der Waals surface area (Å²) in [6, 6.07) is 9.41. The fourth-order valence-electron chi connectivity index (χ4n) is 1.53. The molecule has 1 rings (SSSR count). The van der Waals surface area contributed by atoms with Crippen LogP contribution in [0.25, 0.3) is 5.57 Å². The van der Waals surface area contributed by atoms with E-state index >= 15 is 0 Å². The van der Waals surface area contributed by atoms with Crippen LogP contribution < -0.4 is 5.73 Å². The van der Waals surface area contributed by atoms with Crippen LogP contribution >= 0.6 is 0 Å². The van der Waals surface area contributed by atoms with E-state index in [4.69, 9.17) is 10.5 Å². The number of hydrogen-bond donors (Lipinski definition) is 1. The first-order valence-corrected chi connectivity index (χ1v) is 5.29. The Kier molecular flexibility index (Phi) is 4.73. The minimum absolute atomic E-state index is 0.414. The summed E-state index contributed by atoms with van der Waals surface area (Å²) in [7, 11) is 0. The van der Waals surface area contributed by atoms with Crippen LogP contribution in [0.15, 0.2) is 35.9 Å². The Hall–Kier alpha value is -1.61. The van der Waals surface area contributed by atoms with Crippen LogP contribution in [0.2, 0.25) is 0 Å². The van der Waals surface area contributed by atoms with Gasteiger partial charge in [-0.2, -0.15) is 0 Å². The molecule has 0 aliphatic heterocycles. The molecule has 0 aliphatic rings. The number of ether oxygens (including phenoxy) is 1. The lowest BCUT2D eigenvalue weighted by molar-refractivity contribution is -0.112. The zero-order chi connectivity index (χ0) is 12.0. The van der Waals surface area contributed by atoms with Crippen molar-refractivity contribution in [1.29, 1.82) is 0 Å². The summed E-state index contributed by atoms with van der Waals surface area (Å²) in [6.07, 6.45) is 0. The summed E-state index contributed by atoms with van der Waals surface area (Å²) in [5.41, 5.74) is 7.64. The Balaban J connectivity index is 3.04. The molecule has 1 aromatic rings. The van der Waals surface area contributed by atoms with E-state index in [2.05, 4.69) is 0 Å². The molecule has 0 heterocycles. The molecule has 86 valence electrons. The number of benzene rings is 1. The van der Waals surface area contributed by atoms with Gasteiger partial charge < -0.3 is 10.5 Å². The predicted octanol–water partition coefficient (Wildman–Crippen LogP) is 1.98. The van der Waals surface area contributed by atoms with Crippen LogP contribution in [0.4, 0.5) is 0 Å². The molecule has 0 bridgehead atoms. The maximum atomic E-state index is 11.4. The van der Waals surface area contributed by atoms with E-state index in [1.54, 1.807) is 0 Å². The first-order valence-electron chi connectivity index (χ1n) is 5.29. The van der Waals surface area contributed by atoms with E-state index in [1.807, 2.05) is 44.2 Å². The van der Waals surface area contributed by atoms with E-state index in [-0.39, 0.29) is 0 Å². The van der Waals surface area contributed by atoms with Gasteiger partial charge in [0.15, 0.2) is 0 Å². The van der Waals surface area contributed by atoms with Crippen LogP contribution in [0.1, 0.15) is 19.4 Å². The van der Waals surface area contributed by atoms with Crippen LogP contribution in [0, 0.1) is 0 Å². The van der Waals surface area contributed by atoms with Crippen molar-refractivity contribution in [2.75, 3.05) is 13.2 Å². The van der Waals surface area contributed by atoms with Gasteiger partial charge in [-0.1, -0.05) is 30.3 Å². The van der Waals surface area contributed by atoms with Gasteiger partial charge in [0, 0.05) is 12.2 Å². The fraction of sp³-hybridized carbons (Fsp3) is 0.308. The van der Waals surface area contributed by atoms with Gasteiger partial charge in [0.2, 0.25) is 5.91 Å². The Morgan fingerprint density at radius 2 is 1.94 bits per heavy atom. The van der Waals surface area contributed by atoms with Crippen molar-refractivity contribution in [2.45, 2.75) is 13.8 Å². The van der Waals surface area contributed by atoms with Crippen molar-refractivity contribution in [3.63, 3.8) is 0 Å². The Morgan fingerprint density at radius 3 is 2.44 bits per heavy atom. The Labute approximate surface area is 95.9 Å². The molecule has 0 unspecified atom stereocenters. The van der Waals surface area contributed by atoms with Crippen molar-refractivity contribution in [3.8, 4) is 0 Å². The first-order chi connectivity index (χ1) is 7.66. The van der Waals surface area contributed by atoms with Crippen LogP contribution in [-0.2, 0) is 9.53 Å². The van der Waals surface area contributed by atoms with Gasteiger partial charge >= 0.3 is 0 Å². The normalized spacial score (nSPS) is 12.1. The standard InChI is InChI=1S/C13H17NO2/c1-3-16-9-10(2)12(13(14)15)11-7-5-4-6-8-11/h4-8H,3,9H2,1-2H3,(H2,14,15). The van der Waals surface area contributed by atoms with Gasteiger partial charge in [0.05, 0.1) is 6.61 Å². The summed E-state index contributed by atoms with van der Waals surface area (Å²) in [5, 5.41) is 0. The summed E-state index contributed by atoms with van der Waals surface area (Å²) >= 11 is 0. The molecule has 0 radical (unpaired) electrons. The monoisotopic (exact) mass is 219 g/mol. The second kappa shape index (κ2) is 6.08. The van der Waals surface area contributed by atoms with Crippen molar-refractivity contribution >= 4 is 11.5 Å². The molecule has 0 atom stereocenters. The summed E-state index contributed by atoms with van der Waals surface area (Å²) in [6.45, 7) is 4.84.